The average Bonchev–Trinajstić information content (AvgIpc) is 3.40. The quantitative estimate of drug-likeness (QED) is 0.126. The molecule has 2 aliphatic rings. The van der Waals surface area contributed by atoms with Crippen LogP contribution in [0.4, 0.5) is 17.7 Å². The molecule has 0 spiro atoms. The minimum Gasteiger partial charge on any atom is -0.741 e. The number of nitrogens with one attached hydrogen (secondary N) is 1. The summed E-state index contributed by atoms with van der Waals surface area (Å²) in [6, 6.07) is 6.18. The van der Waals surface area contributed by atoms with Gasteiger partial charge in [-0.2, -0.15) is 4.98 Å². The number of aromatic nitrogens is 6. The number of pyridine rings is 2. The van der Waals surface area contributed by atoms with Gasteiger partial charge >= 0.3 is 5.95 Å². The van der Waals surface area contributed by atoms with E-state index in [1.807, 2.05) is 39.0 Å². The molecule has 5 heterocycles. The Balaban J connectivity index is 1.22. The molecule has 1 aliphatic carbocycles. The first-order valence-corrected chi connectivity index (χ1v) is 15.1. The normalized spacial score (nSPS) is 19.5. The van der Waals surface area contributed by atoms with Gasteiger partial charge in [0.15, 0.2) is 11.8 Å². The van der Waals surface area contributed by atoms with Gasteiger partial charge in [-0.05, 0) is 58.6 Å². The van der Waals surface area contributed by atoms with Crippen molar-refractivity contribution in [2.24, 2.45) is 7.05 Å². The van der Waals surface area contributed by atoms with E-state index in [-0.39, 0.29) is 18.1 Å². The number of aryl methyl sites for hydroxylation is 2. The molecule has 13 heteroatoms. The average molecular weight is 602 g/mol. The van der Waals surface area contributed by atoms with Gasteiger partial charge < -0.3 is 29.6 Å². The van der Waals surface area contributed by atoms with Gasteiger partial charge in [0.2, 0.25) is 11.8 Å². The highest BCUT2D eigenvalue weighted by atomic mass is 16.5. The summed E-state index contributed by atoms with van der Waals surface area (Å²) in [6.07, 6.45) is 6.56. The Hall–Kier alpha value is -4.52. The zero-order valence-electron chi connectivity index (χ0n) is 25.7. The summed E-state index contributed by atoms with van der Waals surface area (Å²) < 4.78 is 20.6. The van der Waals surface area contributed by atoms with Crippen molar-refractivity contribution in [2.75, 3.05) is 36.5 Å². The minimum atomic E-state index is -0.394. The van der Waals surface area contributed by atoms with Gasteiger partial charge in [-0.3, -0.25) is 9.72 Å². The lowest BCUT2D eigenvalue weighted by Crippen LogP contribution is -2.37. The van der Waals surface area contributed by atoms with E-state index in [1.54, 1.807) is 24.0 Å². The fourth-order valence-corrected chi connectivity index (χ4v) is 5.91. The third-order valence-corrected chi connectivity index (χ3v) is 8.16. The highest BCUT2D eigenvalue weighted by Gasteiger charge is 2.26. The molecular formula is C31H39N9O4. The number of rotatable bonds is 9. The van der Waals surface area contributed by atoms with Gasteiger partial charge in [0.25, 0.3) is 0 Å². The topological polar surface area (TPSA) is 138 Å². The zero-order chi connectivity index (χ0) is 30.8. The standard InChI is InChI=1S/C31H39N9O4/c1-19-14-20(2)35-30(34-19)36-22-6-8-23(9-7-22)44-29-25-15-24(43-21(3)27-18-33-31(38(27)4)39(5)41)17-32-26(25)16-28(37-29)40-10-12-42-13-11-40/h14-18,21-23H,5-13H2,1-4H3,(H,34,35,36)/t21?,22-,23+. The predicted octanol–water partition coefficient (Wildman–Crippen LogP) is 4.39. The van der Waals surface area contributed by atoms with E-state index in [4.69, 9.17) is 24.2 Å². The Morgan fingerprint density at radius 2 is 1.75 bits per heavy atom. The summed E-state index contributed by atoms with van der Waals surface area (Å²) in [6.45, 7) is 12.1. The van der Waals surface area contributed by atoms with Crippen LogP contribution >= 0.6 is 0 Å². The van der Waals surface area contributed by atoms with Crippen LogP contribution in [0.5, 0.6) is 11.6 Å². The maximum atomic E-state index is 11.7. The van der Waals surface area contributed by atoms with E-state index < -0.39 is 6.10 Å². The molecule has 1 atom stereocenters. The van der Waals surface area contributed by atoms with Crippen molar-refractivity contribution in [1.29, 1.82) is 0 Å². The fourth-order valence-electron chi connectivity index (χ4n) is 5.91. The molecule has 0 aromatic carbocycles. The molecule has 6 rings (SSSR count). The molecule has 44 heavy (non-hydrogen) atoms. The van der Waals surface area contributed by atoms with Crippen molar-refractivity contribution in [2.45, 2.75) is 64.7 Å². The summed E-state index contributed by atoms with van der Waals surface area (Å²) in [5.74, 6) is 2.82. The molecule has 1 saturated heterocycles. The van der Waals surface area contributed by atoms with E-state index in [1.165, 1.54) is 0 Å². The number of ether oxygens (including phenoxy) is 3. The maximum absolute atomic E-state index is 11.7. The van der Waals surface area contributed by atoms with Crippen LogP contribution < -0.4 is 19.7 Å². The molecule has 1 N–H and O–H groups in total. The summed E-state index contributed by atoms with van der Waals surface area (Å²) >= 11 is 0. The van der Waals surface area contributed by atoms with E-state index in [0.29, 0.717) is 35.5 Å². The Bertz CT molecular complexity index is 1620. The second-order valence-electron chi connectivity index (χ2n) is 11.5. The fraction of sp³-hybridized carbons (Fsp3) is 0.484. The SMILES string of the molecule is C=[N+]([O-])c1ncc(C(C)Oc2cnc3cc(N4CCOCC4)nc(O[C@H]4CC[C@@H](Nc5nc(C)cc(C)n5)CC4)c3c2)n1C. The highest BCUT2D eigenvalue weighted by molar-refractivity contribution is 5.87. The van der Waals surface area contributed by atoms with Crippen LogP contribution in [0.25, 0.3) is 10.9 Å². The summed E-state index contributed by atoms with van der Waals surface area (Å²) in [4.78, 5) is 25.2. The van der Waals surface area contributed by atoms with Crippen LogP contribution in [0.15, 0.2) is 30.6 Å². The number of anilines is 2. The Labute approximate surface area is 256 Å². The molecule has 0 bridgehead atoms. The lowest BCUT2D eigenvalue weighted by molar-refractivity contribution is -0.362. The first-order chi connectivity index (χ1) is 21.2. The van der Waals surface area contributed by atoms with Gasteiger partial charge in [-0.1, -0.05) is 4.98 Å². The van der Waals surface area contributed by atoms with Crippen molar-refractivity contribution >= 4 is 35.3 Å². The van der Waals surface area contributed by atoms with Gasteiger partial charge in [0, 0.05) is 43.3 Å². The molecule has 4 aromatic rings. The van der Waals surface area contributed by atoms with Gasteiger partial charge in [0.1, 0.15) is 23.9 Å². The molecule has 0 amide bonds. The molecule has 13 nitrogen and oxygen atoms in total. The molecular weight excluding hydrogens is 562 g/mol. The van der Waals surface area contributed by atoms with Crippen LogP contribution in [-0.4, -0.2) is 79.4 Å². The Morgan fingerprint density at radius 1 is 1.02 bits per heavy atom. The molecule has 1 aliphatic heterocycles. The zero-order valence-corrected chi connectivity index (χ0v) is 25.7. The van der Waals surface area contributed by atoms with Crippen LogP contribution in [0, 0.1) is 19.1 Å². The molecule has 1 unspecified atom stereocenters. The first kappa shape index (κ1) is 29.5. The van der Waals surface area contributed by atoms with Crippen molar-refractivity contribution in [3.63, 3.8) is 0 Å². The van der Waals surface area contributed by atoms with Crippen LogP contribution in [-0.2, 0) is 11.8 Å². The molecule has 232 valence electrons. The molecule has 1 saturated carbocycles. The number of hydrogen-bond acceptors (Lipinski definition) is 11. The van der Waals surface area contributed by atoms with Crippen molar-refractivity contribution < 1.29 is 18.9 Å². The van der Waals surface area contributed by atoms with Crippen LogP contribution in [0.3, 0.4) is 0 Å². The van der Waals surface area contributed by atoms with E-state index >= 15 is 0 Å². The third-order valence-electron chi connectivity index (χ3n) is 8.16. The molecule has 0 radical (unpaired) electrons. The predicted molar refractivity (Wildman–Crippen MR) is 167 cm³/mol. The lowest BCUT2D eigenvalue weighted by Gasteiger charge is -2.31. The second-order valence-corrected chi connectivity index (χ2v) is 11.5. The van der Waals surface area contributed by atoms with Crippen LogP contribution in [0.1, 0.15) is 55.8 Å². The lowest BCUT2D eigenvalue weighted by atomic mass is 9.93. The molecule has 4 aromatic heterocycles. The van der Waals surface area contributed by atoms with E-state index in [0.717, 1.165) is 72.6 Å². The van der Waals surface area contributed by atoms with Crippen molar-refractivity contribution in [1.82, 2.24) is 29.5 Å². The van der Waals surface area contributed by atoms with Gasteiger partial charge in [-0.15, -0.1) is 0 Å². The summed E-state index contributed by atoms with van der Waals surface area (Å²) in [5.41, 5.74) is 3.43. The number of nitrogens with zero attached hydrogens (tertiary/aromatic N) is 8. The summed E-state index contributed by atoms with van der Waals surface area (Å²) in [7, 11) is 1.76. The first-order valence-electron chi connectivity index (χ1n) is 15.1. The summed E-state index contributed by atoms with van der Waals surface area (Å²) in [5, 5.41) is 16.0. The molecule has 2 fully saturated rings. The largest absolute Gasteiger partial charge is 0.741 e. The van der Waals surface area contributed by atoms with Crippen molar-refractivity contribution in [3.8, 4) is 11.6 Å². The van der Waals surface area contributed by atoms with Crippen molar-refractivity contribution in [3.05, 3.63) is 52.9 Å². The second kappa shape index (κ2) is 12.6. The van der Waals surface area contributed by atoms with E-state index in [9.17, 15) is 5.21 Å². The van der Waals surface area contributed by atoms with Gasteiger partial charge in [-0.25, -0.2) is 14.5 Å². The number of fused-ring (bicyclic) bond motifs is 1. The number of morpholine rings is 1. The Morgan fingerprint density at radius 3 is 2.43 bits per heavy atom. The maximum Gasteiger partial charge on any atom is 0.398 e. The number of hydrogen-bond donors (Lipinski definition) is 1. The third kappa shape index (κ3) is 6.52. The van der Waals surface area contributed by atoms with E-state index in [2.05, 4.69) is 31.9 Å². The number of imidazole rings is 1. The smallest absolute Gasteiger partial charge is 0.398 e. The Kier molecular flexibility index (Phi) is 8.47. The highest BCUT2D eigenvalue weighted by Crippen LogP contribution is 2.34. The van der Waals surface area contributed by atoms with Gasteiger partial charge in [0.05, 0.1) is 37.4 Å². The van der Waals surface area contributed by atoms with Crippen LogP contribution in [0.2, 0.25) is 0 Å². The minimum absolute atomic E-state index is 0.0119. The monoisotopic (exact) mass is 601 g/mol.